The van der Waals surface area contributed by atoms with Crippen LogP contribution in [-0.4, -0.2) is 183 Å². The predicted molar refractivity (Wildman–Crippen MR) is 321 cm³/mol. The number of nitrogens with zero attached hydrogens (tertiary/aromatic N) is 2. The van der Waals surface area contributed by atoms with Crippen molar-refractivity contribution in [3.05, 3.63) is 0 Å². The van der Waals surface area contributed by atoms with E-state index in [-0.39, 0.29) is 61.9 Å². The van der Waals surface area contributed by atoms with Crippen LogP contribution in [0.5, 0.6) is 0 Å². The summed E-state index contributed by atoms with van der Waals surface area (Å²) in [4.78, 5) is 153. The molecular weight excluding hydrogens is 1080 g/mol. The van der Waals surface area contributed by atoms with E-state index >= 15 is 0 Å². The number of aliphatic hydroxyl groups excluding tert-OH is 2. The molecule has 0 radical (unpaired) electrons. The molecule has 0 aromatic heterocycles. The number of likely N-dealkylation sites (tertiary alicyclic amines) is 1. The van der Waals surface area contributed by atoms with Gasteiger partial charge in [-0.3, -0.25) is 52.7 Å². The number of aliphatic hydroxyl groups is 2. The van der Waals surface area contributed by atoms with Gasteiger partial charge in [0, 0.05) is 44.4 Å². The second kappa shape index (κ2) is 35.0. The highest BCUT2D eigenvalue weighted by molar-refractivity contribution is 6.01. The highest BCUT2D eigenvalue weighted by atomic mass is 16.3. The van der Waals surface area contributed by atoms with Gasteiger partial charge in [0.15, 0.2) is 0 Å². The largest absolute Gasteiger partial charge is 0.395 e. The Bertz CT molecular complexity index is 2240. The van der Waals surface area contributed by atoms with Gasteiger partial charge in [-0.1, -0.05) is 80.1 Å². The molecule has 0 bridgehead atoms. The number of unbranched alkanes of at least 4 members (excludes halogenated alkanes) is 5. The molecule has 0 aliphatic carbocycles. The first-order chi connectivity index (χ1) is 38.8. The van der Waals surface area contributed by atoms with Gasteiger partial charge in [0.2, 0.25) is 59.1 Å². The summed E-state index contributed by atoms with van der Waals surface area (Å²) in [5.41, 5.74) is -6.36. The van der Waals surface area contributed by atoms with E-state index in [1.54, 1.807) is 46.6 Å². The number of nitrogens with one attached hydrogen (secondary N) is 9. The van der Waals surface area contributed by atoms with Crippen molar-refractivity contribution >= 4 is 64.9 Å². The Morgan fingerprint density at radius 1 is 0.595 bits per heavy atom. The lowest BCUT2D eigenvalue weighted by atomic mass is 9.92. The molecule has 10 amide bonds. The van der Waals surface area contributed by atoms with E-state index in [0.717, 1.165) is 32.1 Å². The van der Waals surface area contributed by atoms with Crippen molar-refractivity contribution in [2.75, 3.05) is 33.3 Å². The number of hydrogen-bond acceptors (Lipinski definition) is 14. The molecule has 0 aromatic carbocycles. The Hall–Kier alpha value is -5.75. The number of likely N-dealkylation sites (N-methyl/N-ethyl adjacent to an activating group) is 1. The van der Waals surface area contributed by atoms with Gasteiger partial charge in [-0.15, -0.1) is 0 Å². The van der Waals surface area contributed by atoms with Crippen LogP contribution in [-0.2, 0) is 52.7 Å². The lowest BCUT2D eigenvalue weighted by Gasteiger charge is -2.34. The third kappa shape index (κ3) is 25.8. The zero-order valence-corrected chi connectivity index (χ0v) is 54.1. The first-order valence-corrected chi connectivity index (χ1v) is 30.4. The zero-order chi connectivity index (χ0) is 64.7. The van der Waals surface area contributed by atoms with Gasteiger partial charge in [-0.25, -0.2) is 0 Å². The van der Waals surface area contributed by atoms with Gasteiger partial charge in [0.1, 0.15) is 58.1 Å². The van der Waals surface area contributed by atoms with Crippen LogP contribution in [0.15, 0.2) is 0 Å². The van der Waals surface area contributed by atoms with Crippen molar-refractivity contribution in [3.8, 4) is 0 Å². The molecule has 0 aromatic rings. The van der Waals surface area contributed by atoms with Crippen LogP contribution in [0.4, 0.5) is 0 Å². The van der Waals surface area contributed by atoms with Crippen LogP contribution in [0.25, 0.3) is 0 Å². The molecule has 24 nitrogen and oxygen atoms in total. The van der Waals surface area contributed by atoms with Crippen molar-refractivity contribution in [3.63, 3.8) is 0 Å². The maximum absolute atomic E-state index is 14.1. The Morgan fingerprint density at radius 2 is 1.08 bits per heavy atom. The molecule has 84 heavy (non-hydrogen) atoms. The van der Waals surface area contributed by atoms with Gasteiger partial charge in [0.25, 0.3) is 0 Å². The molecule has 11 N–H and O–H groups in total. The van der Waals surface area contributed by atoms with E-state index in [4.69, 9.17) is 0 Å². The van der Waals surface area contributed by atoms with Crippen LogP contribution in [0.3, 0.4) is 0 Å². The molecule has 9 atom stereocenters. The lowest BCUT2D eigenvalue weighted by Crippen LogP contribution is -2.66. The summed E-state index contributed by atoms with van der Waals surface area (Å²) in [5, 5.41) is 43.9. The normalized spacial score (nSPS) is 16.8. The minimum Gasteiger partial charge on any atom is -0.395 e. The number of ketones is 1. The van der Waals surface area contributed by atoms with Crippen molar-refractivity contribution in [1.29, 1.82) is 0 Å². The van der Waals surface area contributed by atoms with Gasteiger partial charge in [-0.05, 0) is 127 Å². The smallest absolute Gasteiger partial charge is 0.246 e. The topological polar surface area (TPSA) is 343 Å². The molecule has 9 unspecified atom stereocenters. The average molecular weight is 1190 g/mol. The van der Waals surface area contributed by atoms with Crippen molar-refractivity contribution in [2.24, 2.45) is 17.8 Å². The summed E-state index contributed by atoms with van der Waals surface area (Å²) >= 11 is 0. The van der Waals surface area contributed by atoms with E-state index < -0.39 is 118 Å². The molecule has 1 aliphatic heterocycles. The van der Waals surface area contributed by atoms with E-state index in [9.17, 15) is 63.0 Å². The van der Waals surface area contributed by atoms with Crippen molar-refractivity contribution < 1.29 is 63.0 Å². The van der Waals surface area contributed by atoms with E-state index in [2.05, 4.69) is 54.8 Å². The zero-order valence-electron chi connectivity index (χ0n) is 54.1. The summed E-state index contributed by atoms with van der Waals surface area (Å²) in [6.07, 6.45) is 7.54. The molecule has 1 saturated heterocycles. The first-order valence-electron chi connectivity index (χ1n) is 30.4. The van der Waals surface area contributed by atoms with Gasteiger partial charge in [-0.2, -0.15) is 0 Å². The summed E-state index contributed by atoms with van der Waals surface area (Å²) < 4.78 is 0. The quantitative estimate of drug-likeness (QED) is 0.0395. The Labute approximate surface area is 500 Å². The van der Waals surface area contributed by atoms with Crippen LogP contribution >= 0.6 is 0 Å². The lowest BCUT2D eigenvalue weighted by molar-refractivity contribution is -0.142. The van der Waals surface area contributed by atoms with E-state index in [1.807, 2.05) is 11.8 Å². The van der Waals surface area contributed by atoms with Crippen LogP contribution in [0, 0.1) is 17.8 Å². The van der Waals surface area contributed by atoms with Crippen LogP contribution < -0.4 is 47.9 Å². The molecule has 1 heterocycles. The fourth-order valence-electron chi connectivity index (χ4n) is 9.62. The van der Waals surface area contributed by atoms with Crippen LogP contribution in [0.2, 0.25) is 0 Å². The first kappa shape index (κ1) is 76.3. The molecule has 1 rings (SSSR count). The number of carbonyl (C=O) groups excluding carboxylic acids is 11. The number of amides is 10. The SMILES string of the molecule is CCCCCCCCC(C)C(=O)N1CCCC1C(=O)NC(CC(C)CC(O)CC(=O)CC)C(=O)NC(C)C(=O)NC(C)(C)C(=O)NC(C)(C)C(=O)NC(C(=O)NC(C)C(=O)NC(C)(C)C(=O)NC(C)(C)C(=O)NC(C)CN(C)CCO)C(C)C. The Kier molecular flexibility index (Phi) is 31.8. The maximum atomic E-state index is 14.1. The van der Waals surface area contributed by atoms with Crippen LogP contribution in [0.1, 0.15) is 201 Å². The van der Waals surface area contributed by atoms with Gasteiger partial charge >= 0.3 is 0 Å². The van der Waals surface area contributed by atoms with E-state index in [0.29, 0.717) is 38.9 Å². The summed E-state index contributed by atoms with van der Waals surface area (Å²) in [6, 6.07) is -6.07. The molecule has 0 saturated carbocycles. The molecule has 1 fully saturated rings. The second-order valence-corrected chi connectivity index (χ2v) is 25.9. The number of Topliss-reactive ketones (excluding diaryl/α,β-unsaturated/α-hetero) is 1. The fraction of sp³-hybridized carbons (Fsp3) is 0.817. The molecule has 1 aliphatic rings. The van der Waals surface area contributed by atoms with Crippen molar-refractivity contribution in [2.45, 2.75) is 266 Å². The fourth-order valence-corrected chi connectivity index (χ4v) is 9.62. The molecule has 0 spiro atoms. The second-order valence-electron chi connectivity index (χ2n) is 25.9. The third-order valence-corrected chi connectivity index (χ3v) is 15.2. The van der Waals surface area contributed by atoms with Gasteiger partial charge < -0.3 is 67.9 Å². The summed E-state index contributed by atoms with van der Waals surface area (Å²) in [7, 11) is 1.79. The minimum atomic E-state index is -1.70. The molecular formula is C60H109N11O13. The number of rotatable bonds is 38. The van der Waals surface area contributed by atoms with Gasteiger partial charge in [0.05, 0.1) is 12.7 Å². The molecule has 24 heteroatoms. The standard InChI is InChI=1S/C60H109N11O13/c1-19-21-22-23-24-25-27-38(6)52(80)71-29-26-28-45(71)50(78)64-44(33-37(5)32-43(74)34-42(73)20-2)49(77)62-40(8)47(75)66-60(16,17)56(84)69-58(12,13)54(82)65-46(36(3)4)51(79)63-41(9)48(76)67-59(14,15)55(83)68-57(10,11)53(81)61-39(7)35-70(18)30-31-72/h36-41,43-46,72,74H,19-35H2,1-18H3,(H,61,81)(H,62,77)(H,63,79)(H,64,78)(H,65,82)(H,66,75)(H,67,76)(H,68,83)(H,69,84). The third-order valence-electron chi connectivity index (χ3n) is 15.2. The van der Waals surface area contributed by atoms with E-state index in [1.165, 1.54) is 75.7 Å². The van der Waals surface area contributed by atoms with Crippen molar-refractivity contribution in [1.82, 2.24) is 57.7 Å². The highest BCUT2D eigenvalue weighted by Crippen LogP contribution is 2.24. The predicted octanol–water partition coefficient (Wildman–Crippen LogP) is 2.15. The number of hydrogen-bond donors (Lipinski definition) is 11. The number of carbonyl (C=O) groups is 11. The monoisotopic (exact) mass is 1190 g/mol. The summed E-state index contributed by atoms with van der Waals surface area (Å²) in [6.45, 7) is 28.0. The minimum absolute atomic E-state index is 0.0189. The average Bonchev–Trinajstić information content (AvgIpc) is 4.03. The highest BCUT2D eigenvalue weighted by Gasteiger charge is 2.43. The Balaban J connectivity index is 3.10. The Morgan fingerprint density at radius 3 is 1.58 bits per heavy atom. The molecule has 482 valence electrons. The summed E-state index contributed by atoms with van der Waals surface area (Å²) in [5.74, 6) is -7.78. The maximum Gasteiger partial charge on any atom is 0.246 e.